The summed E-state index contributed by atoms with van der Waals surface area (Å²) >= 11 is 10.5. The zero-order valence-electron chi connectivity index (χ0n) is 14.7. The maximum atomic E-state index is 14.6. The number of rotatable bonds is 6. The van der Waals surface area contributed by atoms with Crippen molar-refractivity contribution in [3.8, 4) is 0 Å². The van der Waals surface area contributed by atoms with Gasteiger partial charge in [-0.25, -0.2) is 9.18 Å². The first-order valence-corrected chi connectivity index (χ1v) is 11.1. The number of thiophene rings is 1. The summed E-state index contributed by atoms with van der Waals surface area (Å²) in [6, 6.07) is 8.17. The minimum atomic E-state index is -0.549. The van der Waals surface area contributed by atoms with Gasteiger partial charge in [0.25, 0.3) is 5.91 Å². The molecule has 2 fully saturated rings. The molecule has 2 aliphatic rings. The van der Waals surface area contributed by atoms with Crippen LogP contribution in [0, 0.1) is 5.82 Å². The van der Waals surface area contributed by atoms with Crippen LogP contribution in [0.25, 0.3) is 0 Å². The topological polar surface area (TPSA) is 58.6 Å². The lowest BCUT2D eigenvalue weighted by Gasteiger charge is -2.17. The lowest BCUT2D eigenvalue weighted by molar-refractivity contribution is 0.0920. The average Bonchev–Trinajstić information content (AvgIpc) is 3.20. The normalized spacial score (nSPS) is 20.2. The lowest BCUT2D eigenvalue weighted by Crippen LogP contribution is -2.34. The van der Waals surface area contributed by atoms with Gasteiger partial charge >= 0.3 is 6.09 Å². The molecule has 148 valence electrons. The molecular formula is C19H17BrClFN2O3S. The van der Waals surface area contributed by atoms with Crippen LogP contribution in [0.4, 0.5) is 14.9 Å². The number of cyclic esters (lactones) is 1. The minimum Gasteiger partial charge on any atom is -0.442 e. The van der Waals surface area contributed by atoms with E-state index in [0.29, 0.717) is 20.5 Å². The van der Waals surface area contributed by atoms with Crippen molar-refractivity contribution in [3.05, 3.63) is 50.9 Å². The van der Waals surface area contributed by atoms with E-state index in [0.717, 1.165) is 18.2 Å². The number of benzene rings is 1. The highest BCUT2D eigenvalue weighted by atomic mass is 79.9. The van der Waals surface area contributed by atoms with Gasteiger partial charge in [-0.3, -0.25) is 9.69 Å². The number of halogens is 3. The molecule has 5 nitrogen and oxygen atoms in total. The van der Waals surface area contributed by atoms with Gasteiger partial charge in [0, 0.05) is 10.7 Å². The van der Waals surface area contributed by atoms with E-state index >= 15 is 0 Å². The third kappa shape index (κ3) is 3.77. The van der Waals surface area contributed by atoms with Crippen LogP contribution >= 0.6 is 38.9 Å². The predicted molar refractivity (Wildman–Crippen MR) is 110 cm³/mol. The van der Waals surface area contributed by atoms with Gasteiger partial charge in [0.15, 0.2) is 0 Å². The maximum Gasteiger partial charge on any atom is 0.414 e. The third-order valence-electron chi connectivity index (χ3n) is 5.11. The molecule has 4 rings (SSSR count). The summed E-state index contributed by atoms with van der Waals surface area (Å²) in [5, 5.41) is 3.45. The smallest absolute Gasteiger partial charge is 0.414 e. The van der Waals surface area contributed by atoms with Crippen LogP contribution < -0.4 is 10.2 Å². The number of hydrogen-bond donors (Lipinski definition) is 1. The Morgan fingerprint density at radius 1 is 1.39 bits per heavy atom. The molecule has 0 radical (unpaired) electrons. The van der Waals surface area contributed by atoms with Crippen molar-refractivity contribution < 1.29 is 18.7 Å². The number of nitrogens with zero attached hydrogens (tertiary/aromatic N) is 1. The molecule has 2 aromatic rings. The molecule has 1 atom stereocenters. The molecule has 1 aromatic carbocycles. The van der Waals surface area contributed by atoms with Crippen molar-refractivity contribution in [1.82, 2.24) is 5.32 Å². The molecule has 1 aliphatic carbocycles. The first-order chi connectivity index (χ1) is 13.4. The fraction of sp³-hybridized carbons (Fsp3) is 0.368. The summed E-state index contributed by atoms with van der Waals surface area (Å²) in [6.45, 7) is 0.413. The number of ether oxygens (including phenoxy) is 1. The van der Waals surface area contributed by atoms with Gasteiger partial charge in [0.05, 0.1) is 28.0 Å². The van der Waals surface area contributed by atoms with E-state index in [1.54, 1.807) is 24.3 Å². The van der Waals surface area contributed by atoms with E-state index in [9.17, 15) is 14.0 Å². The summed E-state index contributed by atoms with van der Waals surface area (Å²) in [5.74, 6) is -0.583. The van der Waals surface area contributed by atoms with Crippen molar-refractivity contribution in [3.63, 3.8) is 0 Å². The summed E-state index contributed by atoms with van der Waals surface area (Å²) < 4.78 is 20.5. The van der Waals surface area contributed by atoms with Gasteiger partial charge in [-0.05, 0) is 42.7 Å². The van der Waals surface area contributed by atoms with Gasteiger partial charge in [0.1, 0.15) is 11.9 Å². The highest BCUT2D eigenvalue weighted by molar-refractivity contribution is 9.09. The van der Waals surface area contributed by atoms with Crippen LogP contribution in [0.1, 0.15) is 28.1 Å². The molecule has 1 unspecified atom stereocenters. The van der Waals surface area contributed by atoms with E-state index in [1.165, 1.54) is 22.3 Å². The van der Waals surface area contributed by atoms with Gasteiger partial charge in [0.2, 0.25) is 0 Å². The third-order valence-corrected chi connectivity index (χ3v) is 7.41. The van der Waals surface area contributed by atoms with Gasteiger partial charge in [-0.1, -0.05) is 33.6 Å². The standard InChI is InChI=1S/C19H17BrClFN2O3S/c20-10-19(5-6-19)13-2-1-11(7-14(13)22)24-9-12(27-18(24)26)8-23-17(25)15-3-4-16(21)28-15/h1-4,7,12H,5-6,8-10H2,(H,23,25). The Morgan fingerprint density at radius 3 is 2.79 bits per heavy atom. The largest absolute Gasteiger partial charge is 0.442 e. The van der Waals surface area contributed by atoms with E-state index in [4.69, 9.17) is 16.3 Å². The predicted octanol–water partition coefficient (Wildman–Crippen LogP) is 4.72. The Kier molecular flexibility index (Phi) is 5.37. The van der Waals surface area contributed by atoms with E-state index in [-0.39, 0.29) is 30.2 Å². The fourth-order valence-corrected chi connectivity index (χ4v) is 5.12. The van der Waals surface area contributed by atoms with Crippen LogP contribution in [0.15, 0.2) is 30.3 Å². The Balaban J connectivity index is 1.39. The summed E-state index contributed by atoms with van der Waals surface area (Å²) in [4.78, 5) is 26.2. The molecule has 1 saturated heterocycles. The second-order valence-corrected chi connectivity index (χ2v) is 9.28. The number of carbonyl (C=O) groups is 2. The number of amides is 2. The maximum absolute atomic E-state index is 14.6. The van der Waals surface area contributed by atoms with Crippen LogP contribution in [0.2, 0.25) is 4.34 Å². The van der Waals surface area contributed by atoms with E-state index < -0.39 is 12.2 Å². The van der Waals surface area contributed by atoms with E-state index in [1.807, 2.05) is 0 Å². The van der Waals surface area contributed by atoms with Crippen molar-refractivity contribution >= 4 is 56.6 Å². The monoisotopic (exact) mass is 486 g/mol. The molecule has 0 bridgehead atoms. The quantitative estimate of drug-likeness (QED) is 0.600. The van der Waals surface area contributed by atoms with Gasteiger partial charge in [-0.15, -0.1) is 11.3 Å². The molecule has 2 heterocycles. The zero-order valence-corrected chi connectivity index (χ0v) is 17.9. The minimum absolute atomic E-state index is 0.119. The molecular weight excluding hydrogens is 471 g/mol. The van der Waals surface area contributed by atoms with Crippen molar-refractivity contribution in [2.75, 3.05) is 23.3 Å². The highest BCUT2D eigenvalue weighted by Crippen LogP contribution is 2.50. The number of anilines is 1. The Morgan fingerprint density at radius 2 is 2.18 bits per heavy atom. The SMILES string of the molecule is O=C(NCC1CN(c2ccc(C3(CBr)CC3)c(F)c2)C(=O)O1)c1ccc(Cl)s1. The van der Waals surface area contributed by atoms with Gasteiger partial charge < -0.3 is 10.1 Å². The van der Waals surface area contributed by atoms with Crippen molar-refractivity contribution in [2.45, 2.75) is 24.4 Å². The lowest BCUT2D eigenvalue weighted by atomic mass is 9.97. The second-order valence-electron chi connectivity index (χ2n) is 7.01. The Labute approximate surface area is 178 Å². The van der Waals surface area contributed by atoms with Crippen LogP contribution in [0.3, 0.4) is 0 Å². The molecule has 2 amide bonds. The molecule has 1 aliphatic heterocycles. The fourth-order valence-electron chi connectivity index (χ4n) is 3.30. The molecule has 0 spiro atoms. The summed E-state index contributed by atoms with van der Waals surface area (Å²) in [7, 11) is 0. The first-order valence-electron chi connectivity index (χ1n) is 8.79. The number of carbonyl (C=O) groups excluding carboxylic acids is 2. The molecule has 9 heteroatoms. The molecule has 1 saturated carbocycles. The molecule has 28 heavy (non-hydrogen) atoms. The number of alkyl halides is 1. The first kappa shape index (κ1) is 19.7. The Hall–Kier alpha value is -1.64. The van der Waals surface area contributed by atoms with Crippen molar-refractivity contribution in [1.29, 1.82) is 0 Å². The van der Waals surface area contributed by atoms with E-state index in [2.05, 4.69) is 21.2 Å². The highest BCUT2D eigenvalue weighted by Gasteiger charge is 2.45. The summed E-state index contributed by atoms with van der Waals surface area (Å²) in [5.41, 5.74) is 1.01. The average molecular weight is 488 g/mol. The zero-order chi connectivity index (χ0) is 19.9. The van der Waals surface area contributed by atoms with Crippen LogP contribution in [0.5, 0.6) is 0 Å². The molecule has 1 aromatic heterocycles. The summed E-state index contributed by atoms with van der Waals surface area (Å²) in [6.07, 6.45) is 0.855. The number of hydrogen-bond acceptors (Lipinski definition) is 4. The van der Waals surface area contributed by atoms with Crippen LogP contribution in [-0.4, -0.2) is 36.5 Å². The van der Waals surface area contributed by atoms with Gasteiger partial charge in [-0.2, -0.15) is 0 Å². The molecule has 1 N–H and O–H groups in total. The Bertz CT molecular complexity index is 934. The van der Waals surface area contributed by atoms with Crippen LogP contribution in [-0.2, 0) is 10.2 Å². The second kappa shape index (κ2) is 7.65. The number of nitrogens with one attached hydrogen (secondary N) is 1. The van der Waals surface area contributed by atoms with Crippen molar-refractivity contribution in [2.24, 2.45) is 0 Å².